The lowest BCUT2D eigenvalue weighted by atomic mass is 9.85. The highest BCUT2D eigenvalue weighted by Crippen LogP contribution is 2.69. The minimum atomic E-state index is -9.59. The lowest BCUT2D eigenvalue weighted by Gasteiger charge is -2.44. The zero-order valence-corrected chi connectivity index (χ0v) is 38.4. The summed E-state index contributed by atoms with van der Waals surface area (Å²) in [6.45, 7) is -3.36. The van der Waals surface area contributed by atoms with Gasteiger partial charge in [0.1, 0.15) is 6.10 Å². The highest BCUT2D eigenvalue weighted by atomic mass is 32.1. The van der Waals surface area contributed by atoms with E-state index in [1.54, 1.807) is 0 Å². The Morgan fingerprint density at radius 1 is 0.346 bits per heavy atom. The number of alkyl halides is 42. The maximum Gasteiger partial charge on any atom is 0.460 e. The molecule has 0 aliphatic heterocycles. The number of halogens is 42. The van der Waals surface area contributed by atoms with Gasteiger partial charge in [-0.05, 0) is 37.5 Å². The first kappa shape index (κ1) is 75.0. The first-order valence-corrected chi connectivity index (χ1v) is 20.3. The molecule has 1 aromatic carbocycles. The maximum absolute atomic E-state index is 14.7. The third kappa shape index (κ3) is 11.3. The molecule has 45 heteroatoms. The fourth-order valence-electron chi connectivity index (χ4n) is 6.01. The third-order valence-electron chi connectivity index (χ3n) is 10.9. The van der Waals surface area contributed by atoms with Gasteiger partial charge in [-0.3, -0.25) is 0 Å². The summed E-state index contributed by atoms with van der Waals surface area (Å²) in [7, 11) is 0. The van der Waals surface area contributed by atoms with Gasteiger partial charge in [0.2, 0.25) is 0 Å². The van der Waals surface area contributed by atoms with Crippen molar-refractivity contribution in [2.45, 2.75) is 164 Å². The molecule has 0 radical (unpaired) electrons. The Kier molecular flexibility index (Phi) is 19.9. The van der Waals surface area contributed by atoms with Gasteiger partial charge in [-0.15, -0.1) is 0 Å². The first-order valence-electron chi connectivity index (χ1n) is 19.9. The summed E-state index contributed by atoms with van der Waals surface area (Å²) in [4.78, 5) is -0.403. The van der Waals surface area contributed by atoms with Gasteiger partial charge in [0.05, 0.1) is 0 Å². The molecule has 81 heavy (non-hydrogen) atoms. The van der Waals surface area contributed by atoms with Crippen molar-refractivity contribution in [1.29, 1.82) is 0 Å². The number of rotatable bonds is 27. The third-order valence-corrected chi connectivity index (χ3v) is 11.3. The van der Waals surface area contributed by atoms with E-state index in [0.717, 1.165) is 6.92 Å². The second kappa shape index (κ2) is 21.5. The molecule has 0 bridgehead atoms. The van der Waals surface area contributed by atoms with Crippen molar-refractivity contribution in [3.8, 4) is 0 Å². The van der Waals surface area contributed by atoms with Gasteiger partial charge in [-0.1, -0.05) is 30.3 Å². The SMILES string of the molecule is CC(Cc1ccccc1)OC(=S)N(CCCC(F)(F)C(F)(F)C(F)(F)C(F)(F)C(F)(F)C(F)(F)C(F)(F)C(F)(F)C(F)(F)C(F)(F)F)CCCC(F)(F)C(F)(F)C(F)(F)C(F)(F)C(F)(F)C(F)(F)C(F)(F)C(F)(F)C(F)(F)C(F)(F)F. The van der Waals surface area contributed by atoms with Crippen LogP contribution in [-0.2, 0) is 11.2 Å². The molecule has 1 unspecified atom stereocenters. The van der Waals surface area contributed by atoms with E-state index in [4.69, 9.17) is 4.74 Å². The highest BCUT2D eigenvalue weighted by Gasteiger charge is 3.00. The largest absolute Gasteiger partial charge is 0.468 e. The number of nitrogens with zero attached hydrogens (tertiary/aromatic N) is 1. The van der Waals surface area contributed by atoms with Crippen molar-refractivity contribution < 1.29 is 189 Å². The van der Waals surface area contributed by atoms with E-state index < -0.39 is 180 Å². The van der Waals surface area contributed by atoms with Crippen molar-refractivity contribution in [3.05, 3.63) is 35.9 Å². The summed E-state index contributed by atoms with van der Waals surface area (Å²) in [6.07, 6.45) is -30.5. The van der Waals surface area contributed by atoms with E-state index in [0.29, 0.717) is 0 Å². The first-order chi connectivity index (χ1) is 35.0. The van der Waals surface area contributed by atoms with Crippen LogP contribution in [0.2, 0.25) is 0 Å². The number of hydrogen-bond donors (Lipinski definition) is 0. The monoisotopic (exact) mass is 1320 g/mol. The van der Waals surface area contributed by atoms with Crippen LogP contribution in [0.5, 0.6) is 0 Å². The van der Waals surface area contributed by atoms with Crippen LogP contribution in [0.25, 0.3) is 0 Å². The van der Waals surface area contributed by atoms with Gasteiger partial charge >= 0.3 is 119 Å². The number of thiocarbonyl (C=S) groups is 1. The Labute approximate surface area is 425 Å². The standard InChI is InChI=1S/C36H23F42NOS/c1-14(13-15-7-3-2-4-8-15)80-16(81)79(11-5-9-17(37,38)19(41,42)21(45,46)23(49,50)25(53,54)27(57,58)29(61,62)31(65,66)33(69,70)35(73,74)75)12-6-10-18(39,40)20(43,44)22(47,48)24(51,52)26(55,56)28(59,60)30(63,64)32(67,68)34(71,72)36(76,77)78/h2-4,7-8,14H,5-6,9-13H2,1H3. The van der Waals surface area contributed by atoms with Crippen molar-refractivity contribution in [2.24, 2.45) is 0 Å². The Morgan fingerprint density at radius 3 is 0.778 bits per heavy atom. The molecule has 0 heterocycles. The van der Waals surface area contributed by atoms with E-state index in [1.165, 1.54) is 30.3 Å². The Balaban J connectivity index is 3.77. The molecule has 2 nitrogen and oxygen atoms in total. The van der Waals surface area contributed by atoms with Crippen LogP contribution in [0.3, 0.4) is 0 Å². The predicted octanol–water partition coefficient (Wildman–Crippen LogP) is 17.3. The average molecular weight is 1320 g/mol. The zero-order valence-electron chi connectivity index (χ0n) is 37.6. The van der Waals surface area contributed by atoms with Gasteiger partial charge in [-0.2, -0.15) is 184 Å². The van der Waals surface area contributed by atoms with Crippen LogP contribution in [-0.4, -0.2) is 148 Å². The number of benzene rings is 1. The van der Waals surface area contributed by atoms with E-state index in [9.17, 15) is 184 Å². The summed E-state index contributed by atoms with van der Waals surface area (Å²) in [5.41, 5.74) is 0.138. The van der Waals surface area contributed by atoms with E-state index in [1.807, 2.05) is 0 Å². The second-order valence-corrected chi connectivity index (χ2v) is 17.0. The van der Waals surface area contributed by atoms with Crippen LogP contribution < -0.4 is 0 Å². The molecule has 1 aromatic rings. The Morgan fingerprint density at radius 2 is 0.556 bits per heavy atom. The number of ether oxygens (including phenoxy) is 1. The normalized spacial score (nSPS) is 16.4. The highest BCUT2D eigenvalue weighted by molar-refractivity contribution is 7.80. The molecule has 1 rings (SSSR count). The molecule has 0 aliphatic rings. The molecule has 0 amide bonds. The summed E-state index contributed by atoms with van der Waals surface area (Å²) in [6, 6.07) is 6.22. The summed E-state index contributed by atoms with van der Waals surface area (Å²) in [5.74, 6) is -162. The minimum Gasteiger partial charge on any atom is -0.468 e. The summed E-state index contributed by atoms with van der Waals surface area (Å²) in [5, 5.41) is -1.62. The maximum atomic E-state index is 14.7. The van der Waals surface area contributed by atoms with Crippen molar-refractivity contribution >= 4 is 17.4 Å². The molecule has 0 aliphatic carbocycles. The van der Waals surface area contributed by atoms with Crippen LogP contribution >= 0.6 is 12.2 Å². The molecule has 478 valence electrons. The van der Waals surface area contributed by atoms with Crippen molar-refractivity contribution in [3.63, 3.8) is 0 Å². The van der Waals surface area contributed by atoms with E-state index in [2.05, 4.69) is 12.2 Å². The van der Waals surface area contributed by atoms with Crippen molar-refractivity contribution in [2.75, 3.05) is 13.1 Å². The van der Waals surface area contributed by atoms with E-state index >= 15 is 0 Å². The molecule has 0 N–H and O–H groups in total. The van der Waals surface area contributed by atoms with Gasteiger partial charge in [0, 0.05) is 32.4 Å². The average Bonchev–Trinajstić information content (AvgIpc) is 3.26. The van der Waals surface area contributed by atoms with Gasteiger partial charge in [-0.25, -0.2) is 0 Å². The van der Waals surface area contributed by atoms with Gasteiger partial charge in [0.15, 0.2) is 0 Å². The Hall–Kier alpha value is -4.03. The topological polar surface area (TPSA) is 12.5 Å². The van der Waals surface area contributed by atoms with Gasteiger partial charge in [0.25, 0.3) is 5.17 Å². The predicted molar refractivity (Wildman–Crippen MR) is 184 cm³/mol. The lowest BCUT2D eigenvalue weighted by Crippen LogP contribution is -2.76. The molecule has 0 saturated heterocycles. The van der Waals surface area contributed by atoms with Crippen LogP contribution in [0.4, 0.5) is 184 Å². The molecule has 0 spiro atoms. The fourth-order valence-corrected chi connectivity index (χ4v) is 6.35. The van der Waals surface area contributed by atoms with E-state index in [-0.39, 0.29) is 5.56 Å². The molecular formula is C36H23F42NOS. The zero-order chi connectivity index (χ0) is 65.5. The van der Waals surface area contributed by atoms with Crippen LogP contribution in [0.1, 0.15) is 38.2 Å². The molecule has 1 atom stereocenters. The molecule has 0 aromatic heterocycles. The summed E-state index contributed by atoms with van der Waals surface area (Å²) < 4.78 is 585. The Bertz CT molecular complexity index is 2170. The van der Waals surface area contributed by atoms with Crippen LogP contribution in [0, 0.1) is 0 Å². The molecule has 0 saturated carbocycles. The number of hydrogen-bond acceptors (Lipinski definition) is 2. The fraction of sp³-hybridized carbons (Fsp3) is 0.806. The molecular weight excluding hydrogens is 1290 g/mol. The summed E-state index contributed by atoms with van der Waals surface area (Å²) >= 11 is 4.53. The smallest absolute Gasteiger partial charge is 0.460 e. The second-order valence-electron chi connectivity index (χ2n) is 16.7. The van der Waals surface area contributed by atoms with Crippen LogP contribution in [0.15, 0.2) is 30.3 Å². The minimum absolute atomic E-state index is 0.138. The van der Waals surface area contributed by atoms with Crippen molar-refractivity contribution in [1.82, 2.24) is 4.90 Å². The quantitative estimate of drug-likeness (QED) is 0.0643. The molecule has 0 fully saturated rings. The lowest BCUT2D eigenvalue weighted by molar-refractivity contribution is -0.474. The van der Waals surface area contributed by atoms with Gasteiger partial charge < -0.3 is 9.64 Å².